The highest BCUT2D eigenvalue weighted by Crippen LogP contribution is 2.42. The number of aromatic amines is 1. The summed E-state index contributed by atoms with van der Waals surface area (Å²) < 4.78 is 5.82. The molecule has 7 nitrogen and oxygen atoms in total. The zero-order valence-corrected chi connectivity index (χ0v) is 15.5. The Morgan fingerprint density at radius 3 is 2.89 bits per heavy atom. The van der Waals surface area contributed by atoms with Crippen LogP contribution in [0.25, 0.3) is 10.9 Å². The molecule has 3 aromatic rings. The first-order valence-corrected chi connectivity index (χ1v) is 8.89. The summed E-state index contributed by atoms with van der Waals surface area (Å²) in [7, 11) is 0. The molecule has 2 aromatic heterocycles. The number of hydrogen-bond acceptors (Lipinski definition) is 4. The molecule has 4 rings (SSSR count). The lowest BCUT2D eigenvalue weighted by molar-refractivity contribution is -0.384. The molecule has 7 heteroatoms. The Hall–Kier alpha value is -3.09. The van der Waals surface area contributed by atoms with Crippen molar-refractivity contribution in [3.63, 3.8) is 0 Å². The maximum absolute atomic E-state index is 13.0. The number of H-pyrrole nitrogens is 1. The molecule has 1 unspecified atom stereocenters. The van der Waals surface area contributed by atoms with Gasteiger partial charge in [0, 0.05) is 41.2 Å². The number of hydrogen-bond donors (Lipinski definition) is 2. The van der Waals surface area contributed by atoms with E-state index in [-0.39, 0.29) is 23.1 Å². The molecule has 2 N–H and O–H groups in total. The van der Waals surface area contributed by atoms with Crippen LogP contribution in [0, 0.1) is 22.5 Å². The molecule has 1 atom stereocenters. The van der Waals surface area contributed by atoms with E-state index < -0.39 is 4.92 Å². The van der Waals surface area contributed by atoms with Crippen molar-refractivity contribution in [3.8, 4) is 0 Å². The van der Waals surface area contributed by atoms with Gasteiger partial charge in [0.1, 0.15) is 11.5 Å². The van der Waals surface area contributed by atoms with E-state index >= 15 is 0 Å². The fourth-order valence-electron chi connectivity index (χ4n) is 3.96. The van der Waals surface area contributed by atoms with Crippen molar-refractivity contribution in [3.05, 3.63) is 63.2 Å². The minimum atomic E-state index is -0.460. The fraction of sp³-hybridized carbons (Fsp3) is 0.350. The predicted octanol–water partition coefficient (Wildman–Crippen LogP) is 4.42. The van der Waals surface area contributed by atoms with Crippen molar-refractivity contribution in [2.45, 2.75) is 39.7 Å². The molecule has 1 aliphatic carbocycles. The number of amides is 1. The zero-order chi connectivity index (χ0) is 19.3. The fourth-order valence-corrected chi connectivity index (χ4v) is 3.96. The predicted molar refractivity (Wildman–Crippen MR) is 101 cm³/mol. The van der Waals surface area contributed by atoms with Crippen LogP contribution in [0.1, 0.15) is 53.8 Å². The topological polar surface area (TPSA) is 101 Å². The molecule has 0 radical (unpaired) electrons. The molecule has 27 heavy (non-hydrogen) atoms. The molecule has 0 aliphatic heterocycles. The van der Waals surface area contributed by atoms with E-state index in [0.717, 1.165) is 29.9 Å². The Morgan fingerprint density at radius 2 is 2.15 bits per heavy atom. The average Bonchev–Trinajstić information content (AvgIpc) is 3.15. The summed E-state index contributed by atoms with van der Waals surface area (Å²) in [6, 6.07) is 6.29. The number of nitro benzene ring substituents is 1. The molecular formula is C20H21N3O4. The maximum atomic E-state index is 13.0. The van der Waals surface area contributed by atoms with E-state index in [4.69, 9.17) is 4.42 Å². The van der Waals surface area contributed by atoms with E-state index in [1.165, 1.54) is 12.1 Å². The van der Waals surface area contributed by atoms with Crippen molar-refractivity contribution in [2.24, 2.45) is 5.41 Å². The van der Waals surface area contributed by atoms with Crippen molar-refractivity contribution < 1.29 is 14.1 Å². The number of nitrogens with one attached hydrogen (secondary N) is 2. The van der Waals surface area contributed by atoms with Gasteiger partial charge in [0.25, 0.3) is 11.6 Å². The Kier molecular flexibility index (Phi) is 3.83. The number of fused-ring (bicyclic) bond motifs is 2. The van der Waals surface area contributed by atoms with Crippen LogP contribution in [0.15, 0.2) is 34.9 Å². The number of rotatable bonds is 3. The van der Waals surface area contributed by atoms with Gasteiger partial charge in [0.15, 0.2) is 0 Å². The smallest absolute Gasteiger partial charge is 0.270 e. The third-order valence-electron chi connectivity index (χ3n) is 5.16. The van der Waals surface area contributed by atoms with Crippen molar-refractivity contribution in [2.75, 3.05) is 0 Å². The van der Waals surface area contributed by atoms with Gasteiger partial charge in [-0.3, -0.25) is 14.9 Å². The Morgan fingerprint density at radius 1 is 1.37 bits per heavy atom. The van der Waals surface area contributed by atoms with E-state index in [0.29, 0.717) is 16.5 Å². The summed E-state index contributed by atoms with van der Waals surface area (Å²) in [6.45, 7) is 6.22. The van der Waals surface area contributed by atoms with Crippen LogP contribution >= 0.6 is 0 Å². The van der Waals surface area contributed by atoms with Gasteiger partial charge in [-0.15, -0.1) is 0 Å². The number of non-ortho nitro benzene ring substituents is 1. The minimum absolute atomic E-state index is 0.00818. The summed E-state index contributed by atoms with van der Waals surface area (Å²) in [5.74, 6) is 1.50. The van der Waals surface area contributed by atoms with E-state index in [9.17, 15) is 14.9 Å². The molecule has 0 spiro atoms. The molecule has 140 valence electrons. The monoisotopic (exact) mass is 367 g/mol. The van der Waals surface area contributed by atoms with Gasteiger partial charge < -0.3 is 14.7 Å². The summed E-state index contributed by atoms with van der Waals surface area (Å²) in [6.07, 6.45) is 3.23. The van der Waals surface area contributed by atoms with Crippen LogP contribution < -0.4 is 5.32 Å². The highest BCUT2D eigenvalue weighted by molar-refractivity contribution is 6.07. The highest BCUT2D eigenvalue weighted by Gasteiger charge is 2.36. The SMILES string of the molecule is Cc1cc2c(o1)CC(C)(C)CC2NC(=O)c1c[nH]c2ccc([N+](=O)[O-])cc12. The first-order chi connectivity index (χ1) is 12.7. The van der Waals surface area contributed by atoms with Gasteiger partial charge in [-0.2, -0.15) is 0 Å². The third kappa shape index (κ3) is 3.09. The van der Waals surface area contributed by atoms with Crippen LogP contribution in [-0.2, 0) is 6.42 Å². The molecule has 0 saturated carbocycles. The molecule has 0 bridgehead atoms. The van der Waals surface area contributed by atoms with Gasteiger partial charge in [-0.05, 0) is 30.9 Å². The first-order valence-electron chi connectivity index (χ1n) is 8.89. The van der Waals surface area contributed by atoms with Gasteiger partial charge in [0.2, 0.25) is 0 Å². The largest absolute Gasteiger partial charge is 0.466 e. The number of nitrogens with zero attached hydrogens (tertiary/aromatic N) is 1. The van der Waals surface area contributed by atoms with Crippen LogP contribution in [0.4, 0.5) is 5.69 Å². The van der Waals surface area contributed by atoms with Crippen molar-refractivity contribution in [1.29, 1.82) is 0 Å². The molecule has 1 aromatic carbocycles. The van der Waals surface area contributed by atoms with Crippen LogP contribution in [0.5, 0.6) is 0 Å². The summed E-state index contributed by atoms with van der Waals surface area (Å²) in [4.78, 5) is 26.6. The Bertz CT molecular complexity index is 1060. The zero-order valence-electron chi connectivity index (χ0n) is 15.5. The second kappa shape index (κ2) is 5.97. The first kappa shape index (κ1) is 17.3. The maximum Gasteiger partial charge on any atom is 0.270 e. The highest BCUT2D eigenvalue weighted by atomic mass is 16.6. The lowest BCUT2D eigenvalue weighted by atomic mass is 9.74. The number of aromatic nitrogens is 1. The number of aryl methyl sites for hydroxylation is 1. The lowest BCUT2D eigenvalue weighted by Crippen LogP contribution is -2.36. The number of carbonyl (C=O) groups is 1. The molecule has 2 heterocycles. The molecular weight excluding hydrogens is 346 g/mol. The minimum Gasteiger partial charge on any atom is -0.466 e. The summed E-state index contributed by atoms with van der Waals surface area (Å²) in [5.41, 5.74) is 2.08. The summed E-state index contributed by atoms with van der Waals surface area (Å²) >= 11 is 0. The van der Waals surface area contributed by atoms with Crippen LogP contribution in [0.3, 0.4) is 0 Å². The quantitative estimate of drug-likeness (QED) is 0.528. The van der Waals surface area contributed by atoms with Crippen LogP contribution in [0.2, 0.25) is 0 Å². The summed E-state index contributed by atoms with van der Waals surface area (Å²) in [5, 5.41) is 14.7. The third-order valence-corrected chi connectivity index (χ3v) is 5.16. The Labute approximate surface area is 155 Å². The molecule has 0 saturated heterocycles. The van der Waals surface area contributed by atoms with Gasteiger partial charge in [0.05, 0.1) is 16.5 Å². The van der Waals surface area contributed by atoms with E-state index in [1.807, 2.05) is 13.0 Å². The van der Waals surface area contributed by atoms with E-state index in [2.05, 4.69) is 24.1 Å². The molecule has 1 amide bonds. The molecule has 1 aliphatic rings. The van der Waals surface area contributed by atoms with Crippen LogP contribution in [-0.4, -0.2) is 15.8 Å². The normalized spacial score (nSPS) is 18.3. The molecule has 0 fully saturated rings. The van der Waals surface area contributed by atoms with Gasteiger partial charge >= 0.3 is 0 Å². The second-order valence-electron chi connectivity index (χ2n) is 8.00. The Balaban J connectivity index is 1.67. The van der Waals surface area contributed by atoms with Crippen molar-refractivity contribution >= 4 is 22.5 Å². The lowest BCUT2D eigenvalue weighted by Gasteiger charge is -2.34. The number of benzene rings is 1. The number of carbonyl (C=O) groups excluding carboxylic acids is 1. The second-order valence-corrected chi connectivity index (χ2v) is 8.00. The average molecular weight is 367 g/mol. The number of furan rings is 1. The van der Waals surface area contributed by atoms with E-state index in [1.54, 1.807) is 12.3 Å². The standard InChI is InChI=1S/C20H21N3O4/c1-11-6-14-17(8-20(2,3)9-18(14)27-11)22-19(24)15-10-21-16-5-4-12(23(25)26)7-13(15)16/h4-7,10,17,21H,8-9H2,1-3H3,(H,22,24). The van der Waals surface area contributed by atoms with Gasteiger partial charge in [-0.1, -0.05) is 13.8 Å². The van der Waals surface area contributed by atoms with Gasteiger partial charge in [-0.25, -0.2) is 0 Å². The van der Waals surface area contributed by atoms with Crippen molar-refractivity contribution in [1.82, 2.24) is 10.3 Å². The number of nitro groups is 1.